The third-order valence-electron chi connectivity index (χ3n) is 1.39. The number of rotatable bonds is 2. The van der Waals surface area contributed by atoms with E-state index in [1.54, 1.807) is 17.6 Å². The van der Waals surface area contributed by atoms with Gasteiger partial charge >= 0.3 is 0 Å². The van der Waals surface area contributed by atoms with Crippen LogP contribution < -0.4 is 0 Å². The minimum Gasteiger partial charge on any atom is -0.591 e. The minimum atomic E-state index is -1.17. The summed E-state index contributed by atoms with van der Waals surface area (Å²) in [5, 5.41) is 1.97. The Balaban J connectivity index is 2.65. The monoisotopic (exact) mass is 293 g/mol. The number of hydrogen-bond donors (Lipinski definition) is 0. The van der Waals surface area contributed by atoms with Crippen molar-refractivity contribution >= 4 is 44.8 Å². The molecule has 5 heteroatoms. The van der Waals surface area contributed by atoms with E-state index < -0.39 is 11.4 Å². The van der Waals surface area contributed by atoms with Crippen molar-refractivity contribution in [1.29, 1.82) is 0 Å². The highest BCUT2D eigenvalue weighted by molar-refractivity contribution is 9.10. The molecular formula is C9H12BrNOS2. The van der Waals surface area contributed by atoms with Crippen LogP contribution in [-0.2, 0) is 11.4 Å². The van der Waals surface area contributed by atoms with Gasteiger partial charge in [-0.2, -0.15) is 0 Å². The summed E-state index contributed by atoms with van der Waals surface area (Å²) in [5.41, 5.74) is 0. The van der Waals surface area contributed by atoms with E-state index in [0.29, 0.717) is 0 Å². The summed E-state index contributed by atoms with van der Waals surface area (Å²) in [6.45, 7) is 5.72. The Hall–Kier alpha value is 0.160. The first kappa shape index (κ1) is 12.2. The SMILES string of the molecule is CC(C)(C)[S@+]([O-])N=Cc1cc(Br)cs1. The molecule has 1 heterocycles. The van der Waals surface area contributed by atoms with E-state index in [1.165, 1.54) is 0 Å². The summed E-state index contributed by atoms with van der Waals surface area (Å²) < 4.78 is 16.3. The molecule has 0 aliphatic heterocycles. The maximum Gasteiger partial charge on any atom is 0.144 e. The van der Waals surface area contributed by atoms with E-state index in [2.05, 4.69) is 20.3 Å². The van der Waals surface area contributed by atoms with Crippen LogP contribution in [0.3, 0.4) is 0 Å². The lowest BCUT2D eigenvalue weighted by atomic mass is 10.3. The van der Waals surface area contributed by atoms with Crippen LogP contribution in [0.15, 0.2) is 20.3 Å². The van der Waals surface area contributed by atoms with E-state index in [-0.39, 0.29) is 4.75 Å². The fourth-order valence-corrected chi connectivity index (χ4v) is 2.55. The van der Waals surface area contributed by atoms with E-state index >= 15 is 0 Å². The van der Waals surface area contributed by atoms with Crippen molar-refractivity contribution in [1.82, 2.24) is 0 Å². The number of halogens is 1. The largest absolute Gasteiger partial charge is 0.591 e. The minimum absolute atomic E-state index is 0.287. The first-order chi connectivity index (χ1) is 6.39. The van der Waals surface area contributed by atoms with Gasteiger partial charge in [0.25, 0.3) is 0 Å². The maximum absolute atomic E-state index is 11.6. The van der Waals surface area contributed by atoms with E-state index in [0.717, 1.165) is 9.35 Å². The van der Waals surface area contributed by atoms with Crippen LogP contribution in [0, 0.1) is 0 Å². The smallest absolute Gasteiger partial charge is 0.144 e. The van der Waals surface area contributed by atoms with Gasteiger partial charge in [-0.3, -0.25) is 0 Å². The molecule has 1 rings (SSSR count). The van der Waals surface area contributed by atoms with Crippen molar-refractivity contribution in [2.24, 2.45) is 4.40 Å². The van der Waals surface area contributed by atoms with Crippen LogP contribution in [0.5, 0.6) is 0 Å². The van der Waals surface area contributed by atoms with Gasteiger partial charge < -0.3 is 4.55 Å². The predicted octanol–water partition coefficient (Wildman–Crippen LogP) is 3.39. The molecule has 1 aromatic rings. The fraction of sp³-hybridized carbons (Fsp3) is 0.444. The lowest BCUT2D eigenvalue weighted by Gasteiger charge is -2.17. The van der Waals surface area contributed by atoms with Gasteiger partial charge in [0.05, 0.1) is 11.1 Å². The van der Waals surface area contributed by atoms with Gasteiger partial charge in [-0.25, -0.2) is 0 Å². The summed E-state index contributed by atoms with van der Waals surface area (Å²) in [5.74, 6) is 0. The Morgan fingerprint density at radius 3 is 2.64 bits per heavy atom. The van der Waals surface area contributed by atoms with Crippen molar-refractivity contribution in [3.63, 3.8) is 0 Å². The molecule has 0 amide bonds. The van der Waals surface area contributed by atoms with Gasteiger partial charge in [0.2, 0.25) is 0 Å². The van der Waals surface area contributed by atoms with E-state index in [9.17, 15) is 4.55 Å². The first-order valence-corrected chi connectivity index (χ1v) is 6.87. The van der Waals surface area contributed by atoms with Gasteiger partial charge in [-0.05, 0) is 42.8 Å². The van der Waals surface area contributed by atoms with Crippen molar-refractivity contribution in [3.8, 4) is 0 Å². The molecule has 0 fully saturated rings. The lowest BCUT2D eigenvalue weighted by molar-refractivity contribution is 0.562. The second kappa shape index (κ2) is 4.79. The van der Waals surface area contributed by atoms with Gasteiger partial charge in [0, 0.05) is 9.85 Å². The molecule has 2 nitrogen and oxygen atoms in total. The standard InChI is InChI=1S/C9H12BrNOS2/c1-9(2,3)14(12)11-5-8-4-7(10)6-13-8/h4-6H,1-3H3/t14-/m0/s1. The highest BCUT2D eigenvalue weighted by atomic mass is 79.9. The number of thiophene rings is 1. The highest BCUT2D eigenvalue weighted by Gasteiger charge is 2.25. The average molecular weight is 294 g/mol. The molecular weight excluding hydrogens is 282 g/mol. The second-order valence-corrected chi connectivity index (χ2v) is 7.56. The molecule has 1 aromatic heterocycles. The van der Waals surface area contributed by atoms with E-state index in [1.807, 2.05) is 32.2 Å². The Labute approximate surface area is 99.9 Å². The topological polar surface area (TPSA) is 35.4 Å². The zero-order valence-corrected chi connectivity index (χ0v) is 11.5. The molecule has 78 valence electrons. The molecule has 0 N–H and O–H groups in total. The normalized spacial score (nSPS) is 14.9. The van der Waals surface area contributed by atoms with Crippen LogP contribution >= 0.6 is 27.3 Å². The third-order valence-corrected chi connectivity index (χ3v) is 4.36. The summed E-state index contributed by atoms with van der Waals surface area (Å²) in [6, 6.07) is 1.95. The van der Waals surface area contributed by atoms with Gasteiger partial charge in [0.15, 0.2) is 0 Å². The molecule has 0 aliphatic carbocycles. The molecule has 0 saturated carbocycles. The first-order valence-electron chi connectivity index (χ1n) is 4.10. The maximum atomic E-state index is 11.6. The molecule has 1 atom stereocenters. The Morgan fingerprint density at radius 1 is 1.57 bits per heavy atom. The van der Waals surface area contributed by atoms with E-state index in [4.69, 9.17) is 0 Å². The third kappa shape index (κ3) is 3.73. The summed E-state index contributed by atoms with van der Waals surface area (Å²) >= 11 is 3.76. The van der Waals surface area contributed by atoms with Crippen molar-refractivity contribution in [2.75, 3.05) is 0 Å². The van der Waals surface area contributed by atoms with Crippen molar-refractivity contribution in [3.05, 3.63) is 20.8 Å². The van der Waals surface area contributed by atoms with Crippen LogP contribution in [0.2, 0.25) is 0 Å². The van der Waals surface area contributed by atoms with Crippen molar-refractivity contribution < 1.29 is 4.55 Å². The van der Waals surface area contributed by atoms with Crippen LogP contribution in [0.1, 0.15) is 25.6 Å². The molecule has 0 aliphatic rings. The predicted molar refractivity (Wildman–Crippen MR) is 67.5 cm³/mol. The van der Waals surface area contributed by atoms with Crippen LogP contribution in [-0.4, -0.2) is 15.5 Å². The van der Waals surface area contributed by atoms with Crippen molar-refractivity contribution in [2.45, 2.75) is 25.5 Å². The number of nitrogens with zero attached hydrogens (tertiary/aromatic N) is 1. The fourth-order valence-electron chi connectivity index (χ4n) is 0.654. The Bertz CT molecular complexity index is 330. The van der Waals surface area contributed by atoms with Gasteiger partial charge in [-0.1, -0.05) is 4.40 Å². The molecule has 0 saturated heterocycles. The zero-order valence-electron chi connectivity index (χ0n) is 8.28. The molecule has 0 radical (unpaired) electrons. The highest BCUT2D eigenvalue weighted by Crippen LogP contribution is 2.20. The Morgan fingerprint density at radius 2 is 2.21 bits per heavy atom. The lowest BCUT2D eigenvalue weighted by Crippen LogP contribution is -2.25. The summed E-state index contributed by atoms with van der Waals surface area (Å²) in [4.78, 5) is 1.01. The van der Waals surface area contributed by atoms with Crippen LogP contribution in [0.4, 0.5) is 0 Å². The Kier molecular flexibility index (Phi) is 4.18. The van der Waals surface area contributed by atoms with Crippen LogP contribution in [0.25, 0.3) is 0 Å². The summed E-state index contributed by atoms with van der Waals surface area (Å²) in [7, 11) is 0. The molecule has 0 unspecified atom stereocenters. The quantitative estimate of drug-likeness (QED) is 0.608. The molecule has 0 spiro atoms. The second-order valence-electron chi connectivity index (χ2n) is 3.76. The average Bonchev–Trinajstić information content (AvgIpc) is 2.45. The van der Waals surface area contributed by atoms with Gasteiger partial charge in [0.1, 0.15) is 16.1 Å². The number of hydrogen-bond acceptors (Lipinski definition) is 3. The van der Waals surface area contributed by atoms with Gasteiger partial charge in [-0.15, -0.1) is 11.3 Å². The molecule has 0 aromatic carbocycles. The molecule has 0 bridgehead atoms. The zero-order chi connectivity index (χ0) is 10.8. The molecule has 14 heavy (non-hydrogen) atoms. The summed E-state index contributed by atoms with van der Waals surface area (Å²) in [6.07, 6.45) is 1.66.